The molecule has 0 radical (unpaired) electrons. The van der Waals surface area contributed by atoms with Crippen molar-refractivity contribution >= 4 is 23.4 Å². The lowest BCUT2D eigenvalue weighted by molar-refractivity contribution is -0.0231. The van der Waals surface area contributed by atoms with Crippen LogP contribution in [0.15, 0.2) is 36.7 Å². The molecule has 0 bridgehead atoms. The molecule has 148 valence electrons. The Kier molecular flexibility index (Phi) is 5.37. The second-order valence-electron chi connectivity index (χ2n) is 7.33. The molecule has 1 aliphatic carbocycles. The van der Waals surface area contributed by atoms with Crippen molar-refractivity contribution in [2.45, 2.75) is 25.0 Å². The van der Waals surface area contributed by atoms with Crippen LogP contribution in [0.5, 0.6) is 5.75 Å². The maximum atomic E-state index is 11.7. The van der Waals surface area contributed by atoms with Crippen LogP contribution in [0.1, 0.15) is 23.3 Å². The molecule has 0 spiro atoms. The number of aromatic nitrogens is 2. The van der Waals surface area contributed by atoms with E-state index in [-0.39, 0.29) is 11.8 Å². The van der Waals surface area contributed by atoms with Gasteiger partial charge in [0, 0.05) is 18.1 Å². The van der Waals surface area contributed by atoms with Crippen LogP contribution in [-0.2, 0) is 4.74 Å². The summed E-state index contributed by atoms with van der Waals surface area (Å²) >= 11 is 6.03. The molecule has 8 heteroatoms. The third-order valence-corrected chi connectivity index (χ3v) is 5.74. The predicted octanol–water partition coefficient (Wildman–Crippen LogP) is 2.57. The van der Waals surface area contributed by atoms with Gasteiger partial charge in [-0.15, -0.1) is 0 Å². The standard InChI is InChI=1S/C20H22ClN3O4/c1-27-20(26)16-8-22-9-19(23-16)24-10-12-5-17(25)18(6-13(12)11-24)28-15-4-2-3-14(21)7-15/h2-4,7-9,12-13,17-18,25H,5-6,10-11H2,1H3/t12-,13+,17+,18+/m0/s1. The number of carbonyl (C=O) groups is 1. The van der Waals surface area contributed by atoms with E-state index in [1.165, 1.54) is 13.3 Å². The van der Waals surface area contributed by atoms with E-state index in [2.05, 4.69) is 14.9 Å². The monoisotopic (exact) mass is 403 g/mol. The van der Waals surface area contributed by atoms with Crippen LogP contribution in [-0.4, -0.2) is 53.5 Å². The van der Waals surface area contributed by atoms with E-state index in [1.807, 2.05) is 12.1 Å². The fourth-order valence-corrected chi connectivity index (χ4v) is 4.31. The first kappa shape index (κ1) is 19.0. The van der Waals surface area contributed by atoms with Crippen molar-refractivity contribution < 1.29 is 19.4 Å². The molecular formula is C20H22ClN3O4. The predicted molar refractivity (Wildman–Crippen MR) is 104 cm³/mol. The zero-order valence-corrected chi connectivity index (χ0v) is 16.2. The number of hydrogen-bond acceptors (Lipinski definition) is 7. The number of fused-ring (bicyclic) bond motifs is 1. The highest BCUT2D eigenvalue weighted by Crippen LogP contribution is 2.39. The molecule has 2 aromatic rings. The third kappa shape index (κ3) is 3.91. The molecule has 4 atom stereocenters. The number of ether oxygens (including phenoxy) is 2. The van der Waals surface area contributed by atoms with Crippen LogP contribution < -0.4 is 9.64 Å². The summed E-state index contributed by atoms with van der Waals surface area (Å²) in [6, 6.07) is 7.23. The van der Waals surface area contributed by atoms with Crippen LogP contribution in [0, 0.1) is 11.8 Å². The van der Waals surface area contributed by atoms with Gasteiger partial charge in [0.1, 0.15) is 17.7 Å². The van der Waals surface area contributed by atoms with Gasteiger partial charge < -0.3 is 19.5 Å². The topological polar surface area (TPSA) is 84.8 Å². The maximum absolute atomic E-state index is 11.7. The lowest BCUT2D eigenvalue weighted by atomic mass is 9.78. The van der Waals surface area contributed by atoms with Crippen LogP contribution in [0.3, 0.4) is 0 Å². The van der Waals surface area contributed by atoms with Gasteiger partial charge >= 0.3 is 5.97 Å². The molecule has 1 N–H and O–H groups in total. The molecule has 2 fully saturated rings. The summed E-state index contributed by atoms with van der Waals surface area (Å²) in [4.78, 5) is 22.3. The van der Waals surface area contributed by atoms with Crippen LogP contribution in [0.4, 0.5) is 5.82 Å². The van der Waals surface area contributed by atoms with Crippen molar-refractivity contribution in [2.75, 3.05) is 25.1 Å². The van der Waals surface area contributed by atoms with E-state index in [0.29, 0.717) is 34.8 Å². The molecule has 1 aromatic heterocycles. The summed E-state index contributed by atoms with van der Waals surface area (Å²) < 4.78 is 10.7. The Morgan fingerprint density at radius 1 is 1.25 bits per heavy atom. The van der Waals surface area contributed by atoms with E-state index >= 15 is 0 Å². The number of nitrogens with zero attached hydrogens (tertiary/aromatic N) is 3. The Hall–Kier alpha value is -2.38. The normalized spacial score (nSPS) is 26.6. The number of rotatable bonds is 4. The maximum Gasteiger partial charge on any atom is 0.358 e. The van der Waals surface area contributed by atoms with Gasteiger partial charge in [-0.3, -0.25) is 4.98 Å². The van der Waals surface area contributed by atoms with Crippen molar-refractivity contribution in [3.05, 3.63) is 47.4 Å². The number of halogens is 1. The zero-order valence-electron chi connectivity index (χ0n) is 15.5. The Bertz CT molecular complexity index is 865. The largest absolute Gasteiger partial charge is 0.488 e. The summed E-state index contributed by atoms with van der Waals surface area (Å²) in [5.41, 5.74) is 0.192. The third-order valence-electron chi connectivity index (χ3n) is 5.51. The molecular weight excluding hydrogens is 382 g/mol. The van der Waals surface area contributed by atoms with Gasteiger partial charge in [-0.05, 0) is 42.9 Å². The van der Waals surface area contributed by atoms with Gasteiger partial charge in [0.15, 0.2) is 5.69 Å². The summed E-state index contributed by atoms with van der Waals surface area (Å²) in [6.07, 6.45) is 3.66. The summed E-state index contributed by atoms with van der Waals surface area (Å²) in [5.74, 6) is 1.53. The number of benzene rings is 1. The highest BCUT2D eigenvalue weighted by Gasteiger charge is 2.43. The fraction of sp³-hybridized carbons (Fsp3) is 0.450. The highest BCUT2D eigenvalue weighted by atomic mass is 35.5. The van der Waals surface area contributed by atoms with Crippen LogP contribution >= 0.6 is 11.6 Å². The minimum absolute atomic E-state index is 0.192. The van der Waals surface area contributed by atoms with Gasteiger partial charge in [-0.25, -0.2) is 9.78 Å². The number of hydrogen-bond donors (Lipinski definition) is 1. The summed E-state index contributed by atoms with van der Waals surface area (Å²) in [7, 11) is 1.32. The molecule has 2 aliphatic rings. The van der Waals surface area contributed by atoms with Gasteiger partial charge in [-0.1, -0.05) is 17.7 Å². The zero-order chi connectivity index (χ0) is 19.7. The molecule has 0 unspecified atom stereocenters. The smallest absolute Gasteiger partial charge is 0.358 e. The van der Waals surface area contributed by atoms with Crippen molar-refractivity contribution in [2.24, 2.45) is 11.8 Å². The molecule has 1 saturated carbocycles. The number of methoxy groups -OCH3 is 1. The average molecular weight is 404 g/mol. The van der Waals surface area contributed by atoms with Crippen molar-refractivity contribution in [1.29, 1.82) is 0 Å². The first-order valence-corrected chi connectivity index (χ1v) is 9.67. The molecule has 7 nitrogen and oxygen atoms in total. The average Bonchev–Trinajstić information content (AvgIpc) is 3.10. The minimum Gasteiger partial charge on any atom is -0.488 e. The minimum atomic E-state index is -0.535. The highest BCUT2D eigenvalue weighted by molar-refractivity contribution is 6.30. The SMILES string of the molecule is COC(=O)c1cncc(N2C[C@H]3C[C@@H](Oc4cccc(Cl)c4)[C@H](O)C[C@H]3C2)n1. The van der Waals surface area contributed by atoms with Gasteiger partial charge in [0.25, 0.3) is 0 Å². The van der Waals surface area contributed by atoms with E-state index in [1.54, 1.807) is 18.3 Å². The van der Waals surface area contributed by atoms with E-state index in [0.717, 1.165) is 19.5 Å². The number of anilines is 1. The Balaban J connectivity index is 1.45. The van der Waals surface area contributed by atoms with Gasteiger partial charge in [0.05, 0.1) is 25.6 Å². The second-order valence-corrected chi connectivity index (χ2v) is 7.77. The van der Waals surface area contributed by atoms with E-state index in [4.69, 9.17) is 21.1 Å². The van der Waals surface area contributed by atoms with Crippen molar-refractivity contribution in [1.82, 2.24) is 9.97 Å². The molecule has 4 rings (SSSR count). The molecule has 1 aromatic carbocycles. The molecule has 2 heterocycles. The quantitative estimate of drug-likeness (QED) is 0.785. The van der Waals surface area contributed by atoms with Crippen molar-refractivity contribution in [3.8, 4) is 5.75 Å². The molecule has 1 aliphatic heterocycles. The lowest BCUT2D eigenvalue weighted by Gasteiger charge is -2.35. The number of aliphatic hydroxyl groups is 1. The van der Waals surface area contributed by atoms with Crippen LogP contribution in [0.25, 0.3) is 0 Å². The first-order valence-electron chi connectivity index (χ1n) is 9.29. The summed E-state index contributed by atoms with van der Waals surface area (Å²) in [5, 5.41) is 11.2. The first-order chi connectivity index (χ1) is 13.5. The van der Waals surface area contributed by atoms with E-state index < -0.39 is 12.1 Å². The number of carbonyl (C=O) groups excluding carboxylic acids is 1. The Morgan fingerprint density at radius 3 is 2.79 bits per heavy atom. The number of aliphatic hydroxyl groups excluding tert-OH is 1. The number of esters is 1. The fourth-order valence-electron chi connectivity index (χ4n) is 4.13. The molecule has 1 saturated heterocycles. The van der Waals surface area contributed by atoms with Gasteiger partial charge in [-0.2, -0.15) is 0 Å². The summed E-state index contributed by atoms with van der Waals surface area (Å²) in [6.45, 7) is 1.55. The van der Waals surface area contributed by atoms with Crippen molar-refractivity contribution in [3.63, 3.8) is 0 Å². The van der Waals surface area contributed by atoms with E-state index in [9.17, 15) is 9.90 Å². The Labute approximate surface area is 168 Å². The van der Waals surface area contributed by atoms with Crippen LogP contribution in [0.2, 0.25) is 5.02 Å². The Morgan fingerprint density at radius 2 is 2.04 bits per heavy atom. The molecule has 0 amide bonds. The lowest BCUT2D eigenvalue weighted by Crippen LogP contribution is -2.42. The second kappa shape index (κ2) is 7.93. The van der Waals surface area contributed by atoms with Gasteiger partial charge in [0.2, 0.25) is 0 Å². The molecule has 28 heavy (non-hydrogen) atoms.